The van der Waals surface area contributed by atoms with Crippen LogP contribution in [0.1, 0.15) is 21.1 Å². The highest BCUT2D eigenvalue weighted by Gasteiger charge is 2.12. The molecular weight excluding hydrogens is 280 g/mol. The normalized spacial score (nSPS) is 11.7. The summed E-state index contributed by atoms with van der Waals surface area (Å²) in [5.74, 6) is -0.00280. The summed E-state index contributed by atoms with van der Waals surface area (Å²) in [6, 6.07) is 9.13. The lowest BCUT2D eigenvalue weighted by Crippen LogP contribution is -2.24. The highest BCUT2D eigenvalue weighted by molar-refractivity contribution is 7.88. The Bertz CT molecular complexity index is 629. The minimum atomic E-state index is -3.32. The van der Waals surface area contributed by atoms with Crippen LogP contribution in [0.15, 0.2) is 30.3 Å². The fourth-order valence-corrected chi connectivity index (χ4v) is 3.69. The lowest BCUT2D eigenvalue weighted by Gasteiger charge is -2.05. The van der Waals surface area contributed by atoms with Crippen LogP contribution in [0, 0.1) is 13.8 Å². The minimum Gasteiger partial charge on any atom is -0.245 e. The van der Waals surface area contributed by atoms with Gasteiger partial charge in [0.15, 0.2) is 0 Å². The summed E-state index contributed by atoms with van der Waals surface area (Å²) in [6.07, 6.45) is 0. The average molecular weight is 296 g/mol. The van der Waals surface area contributed by atoms with E-state index in [2.05, 4.69) is 9.71 Å². The van der Waals surface area contributed by atoms with E-state index in [1.165, 1.54) is 11.3 Å². The fourth-order valence-electron chi connectivity index (χ4n) is 1.63. The summed E-state index contributed by atoms with van der Waals surface area (Å²) in [7, 11) is -3.32. The van der Waals surface area contributed by atoms with Gasteiger partial charge >= 0.3 is 0 Å². The van der Waals surface area contributed by atoms with E-state index in [0.29, 0.717) is 0 Å². The molecule has 0 unspecified atom stereocenters. The van der Waals surface area contributed by atoms with E-state index in [1.807, 2.05) is 32.0 Å². The number of sulfonamides is 1. The van der Waals surface area contributed by atoms with Crippen LogP contribution in [0.25, 0.3) is 0 Å². The van der Waals surface area contributed by atoms with E-state index in [1.54, 1.807) is 12.1 Å². The van der Waals surface area contributed by atoms with Crippen molar-refractivity contribution in [1.29, 1.82) is 0 Å². The zero-order valence-corrected chi connectivity index (χ0v) is 12.5. The van der Waals surface area contributed by atoms with Crippen molar-refractivity contribution >= 4 is 21.4 Å². The third-order valence-corrected chi connectivity index (χ3v) is 5.09. The Morgan fingerprint density at radius 2 is 1.89 bits per heavy atom. The SMILES string of the molecule is Cc1nc(CNS(=O)(=O)Cc2ccccc2)sc1C. The number of nitrogens with zero attached hydrogens (tertiary/aromatic N) is 1. The monoisotopic (exact) mass is 296 g/mol. The topological polar surface area (TPSA) is 59.1 Å². The van der Waals surface area contributed by atoms with Crippen molar-refractivity contribution in [2.45, 2.75) is 26.1 Å². The van der Waals surface area contributed by atoms with Crippen molar-refractivity contribution in [3.05, 3.63) is 51.5 Å². The zero-order valence-electron chi connectivity index (χ0n) is 10.9. The fraction of sp³-hybridized carbons (Fsp3) is 0.308. The number of aromatic nitrogens is 1. The molecule has 1 heterocycles. The van der Waals surface area contributed by atoms with Crippen LogP contribution in [-0.2, 0) is 22.3 Å². The molecule has 0 fully saturated rings. The number of hydrogen-bond acceptors (Lipinski definition) is 4. The molecule has 4 nitrogen and oxygen atoms in total. The summed E-state index contributed by atoms with van der Waals surface area (Å²) >= 11 is 1.52. The standard InChI is InChI=1S/C13H16N2O2S2/c1-10-11(2)18-13(15-10)8-14-19(16,17)9-12-6-4-3-5-7-12/h3-7,14H,8-9H2,1-2H3. The van der Waals surface area contributed by atoms with E-state index in [9.17, 15) is 8.42 Å². The molecule has 1 aromatic heterocycles. The number of aryl methyl sites for hydroxylation is 2. The molecule has 0 spiro atoms. The maximum atomic E-state index is 11.9. The second-order valence-electron chi connectivity index (χ2n) is 4.31. The lowest BCUT2D eigenvalue weighted by molar-refractivity contribution is 0.580. The van der Waals surface area contributed by atoms with E-state index in [0.717, 1.165) is 21.1 Å². The van der Waals surface area contributed by atoms with Gasteiger partial charge in [0.2, 0.25) is 10.0 Å². The van der Waals surface area contributed by atoms with E-state index in [4.69, 9.17) is 0 Å². The Balaban J connectivity index is 1.98. The zero-order chi connectivity index (χ0) is 13.9. The molecule has 2 rings (SSSR count). The molecule has 0 aliphatic rings. The Labute approximate surface area is 117 Å². The molecule has 0 atom stereocenters. The highest BCUT2D eigenvalue weighted by Crippen LogP contribution is 2.16. The summed E-state index contributed by atoms with van der Waals surface area (Å²) in [5, 5.41) is 0.798. The number of thiazole rings is 1. The Morgan fingerprint density at radius 1 is 1.21 bits per heavy atom. The number of nitrogens with one attached hydrogen (secondary N) is 1. The summed E-state index contributed by atoms with van der Waals surface area (Å²) in [5.41, 5.74) is 1.74. The van der Waals surface area contributed by atoms with Gasteiger partial charge in [0.1, 0.15) is 5.01 Å². The smallest absolute Gasteiger partial charge is 0.216 e. The molecule has 1 N–H and O–H groups in total. The van der Waals surface area contributed by atoms with Gasteiger partial charge in [-0.15, -0.1) is 11.3 Å². The van der Waals surface area contributed by atoms with E-state index < -0.39 is 10.0 Å². The van der Waals surface area contributed by atoms with E-state index >= 15 is 0 Å². The lowest BCUT2D eigenvalue weighted by atomic mass is 10.2. The number of benzene rings is 1. The summed E-state index contributed by atoms with van der Waals surface area (Å²) < 4.78 is 26.4. The third-order valence-electron chi connectivity index (χ3n) is 2.72. The van der Waals surface area contributed by atoms with Gasteiger partial charge in [-0.2, -0.15) is 0 Å². The molecule has 0 saturated heterocycles. The molecule has 0 radical (unpaired) electrons. The van der Waals surface area contributed by atoms with Crippen LogP contribution in [0.5, 0.6) is 0 Å². The van der Waals surface area contributed by atoms with Gasteiger partial charge < -0.3 is 0 Å². The summed E-state index contributed by atoms with van der Waals surface area (Å²) in [6.45, 7) is 4.16. The van der Waals surface area contributed by atoms with Crippen molar-refractivity contribution in [3.8, 4) is 0 Å². The molecule has 19 heavy (non-hydrogen) atoms. The van der Waals surface area contributed by atoms with Crippen LogP contribution < -0.4 is 4.72 Å². The first-order chi connectivity index (χ1) is 8.96. The van der Waals surface area contributed by atoms with Gasteiger partial charge in [0.25, 0.3) is 0 Å². The molecule has 0 aliphatic carbocycles. The van der Waals surface area contributed by atoms with Crippen LogP contribution >= 0.6 is 11.3 Å². The third kappa shape index (κ3) is 4.12. The first kappa shape index (κ1) is 14.2. The second-order valence-corrected chi connectivity index (χ2v) is 7.41. The van der Waals surface area contributed by atoms with Gasteiger partial charge in [-0.05, 0) is 19.4 Å². The van der Waals surface area contributed by atoms with Crippen molar-refractivity contribution in [1.82, 2.24) is 9.71 Å². The van der Waals surface area contributed by atoms with Crippen molar-refractivity contribution < 1.29 is 8.42 Å². The number of hydrogen-bond donors (Lipinski definition) is 1. The Morgan fingerprint density at radius 3 is 2.47 bits per heavy atom. The van der Waals surface area contributed by atoms with Crippen LogP contribution in [-0.4, -0.2) is 13.4 Å². The van der Waals surface area contributed by atoms with Gasteiger partial charge in [-0.1, -0.05) is 30.3 Å². The molecule has 6 heteroatoms. The maximum Gasteiger partial charge on any atom is 0.216 e. The molecule has 0 aliphatic heterocycles. The molecular formula is C13H16N2O2S2. The molecule has 2 aromatic rings. The largest absolute Gasteiger partial charge is 0.245 e. The highest BCUT2D eigenvalue weighted by atomic mass is 32.2. The van der Waals surface area contributed by atoms with Gasteiger partial charge in [-0.25, -0.2) is 18.1 Å². The predicted octanol–water partition coefficient (Wildman–Crippen LogP) is 2.38. The molecule has 0 bridgehead atoms. The second kappa shape index (κ2) is 5.81. The van der Waals surface area contributed by atoms with Crippen LogP contribution in [0.3, 0.4) is 0 Å². The predicted molar refractivity (Wildman–Crippen MR) is 77.5 cm³/mol. The molecule has 0 saturated carbocycles. The van der Waals surface area contributed by atoms with Gasteiger partial charge in [0, 0.05) is 4.88 Å². The van der Waals surface area contributed by atoms with Crippen LogP contribution in [0.2, 0.25) is 0 Å². The quantitative estimate of drug-likeness (QED) is 0.921. The van der Waals surface area contributed by atoms with Crippen LogP contribution in [0.4, 0.5) is 0 Å². The molecule has 102 valence electrons. The van der Waals surface area contributed by atoms with Gasteiger partial charge in [0.05, 0.1) is 18.0 Å². The first-order valence-electron chi connectivity index (χ1n) is 5.90. The summed E-state index contributed by atoms with van der Waals surface area (Å²) in [4.78, 5) is 5.43. The van der Waals surface area contributed by atoms with E-state index in [-0.39, 0.29) is 12.3 Å². The first-order valence-corrected chi connectivity index (χ1v) is 8.37. The van der Waals surface area contributed by atoms with Crippen molar-refractivity contribution in [2.75, 3.05) is 0 Å². The van der Waals surface area contributed by atoms with Crippen molar-refractivity contribution in [2.24, 2.45) is 0 Å². The Hall–Kier alpha value is -1.24. The average Bonchev–Trinajstić information content (AvgIpc) is 2.67. The maximum absolute atomic E-state index is 11.9. The minimum absolute atomic E-state index is 0.00280. The van der Waals surface area contributed by atoms with Gasteiger partial charge in [-0.3, -0.25) is 0 Å². The number of rotatable bonds is 5. The molecule has 0 amide bonds. The van der Waals surface area contributed by atoms with Crippen molar-refractivity contribution in [3.63, 3.8) is 0 Å². The molecule has 1 aromatic carbocycles. The Kier molecular flexibility index (Phi) is 4.34.